The lowest BCUT2D eigenvalue weighted by molar-refractivity contribution is 0.576. The fourth-order valence-electron chi connectivity index (χ4n) is 0.747. The monoisotopic (exact) mass is 201 g/mol. The van der Waals surface area contributed by atoms with Gasteiger partial charge in [0.05, 0.1) is 6.20 Å². The lowest BCUT2D eigenvalue weighted by atomic mass is 10.4. The molecular weight excluding hydrogens is 190 g/mol. The largest absolute Gasteiger partial charge is 0.284 e. The van der Waals surface area contributed by atoms with Crippen LogP contribution < -0.4 is 4.72 Å². The third kappa shape index (κ3) is 2.40. The molecule has 0 radical (unpaired) electrons. The van der Waals surface area contributed by atoms with Crippen molar-refractivity contribution in [1.29, 1.82) is 0 Å². The van der Waals surface area contributed by atoms with Gasteiger partial charge in [-0.1, -0.05) is 6.08 Å². The summed E-state index contributed by atoms with van der Waals surface area (Å²) < 4.78 is 25.3. The third-order valence-electron chi connectivity index (χ3n) is 1.48. The molecule has 0 aliphatic rings. The Hall–Kier alpha value is -1.14. The summed E-state index contributed by atoms with van der Waals surface area (Å²) in [5.41, 5.74) is 0. The highest BCUT2D eigenvalue weighted by Crippen LogP contribution is 2.05. The lowest BCUT2D eigenvalue weighted by Gasteiger charge is -2.07. The van der Waals surface area contributed by atoms with E-state index in [9.17, 15) is 8.42 Å². The minimum Gasteiger partial charge on any atom is -0.284 e. The van der Waals surface area contributed by atoms with Crippen LogP contribution >= 0.6 is 0 Å². The molecular formula is C7H11N3O2S. The van der Waals surface area contributed by atoms with E-state index in [1.807, 2.05) is 0 Å². The highest BCUT2D eigenvalue weighted by atomic mass is 32.2. The molecule has 1 heterocycles. The van der Waals surface area contributed by atoms with Gasteiger partial charge >= 0.3 is 0 Å². The Kier molecular flexibility index (Phi) is 2.84. The van der Waals surface area contributed by atoms with Crippen molar-refractivity contribution in [1.82, 2.24) is 14.9 Å². The minimum atomic E-state index is -3.44. The van der Waals surface area contributed by atoms with Crippen LogP contribution in [0.25, 0.3) is 0 Å². The van der Waals surface area contributed by atoms with Crippen LogP contribution in [0, 0.1) is 0 Å². The van der Waals surface area contributed by atoms with Crippen LogP contribution in [-0.4, -0.2) is 24.7 Å². The maximum absolute atomic E-state index is 11.4. The van der Waals surface area contributed by atoms with Crippen molar-refractivity contribution in [2.75, 3.05) is 0 Å². The standard InChI is InChI=1S/C7H11N3O2S/c1-3-6(2)10-13(11,12)7-4-8-9-5-7/h3-6,10H,1H2,2H3,(H,8,9). The predicted octanol–water partition coefficient (Wildman–Crippen LogP) is 0.263. The molecule has 6 heteroatoms. The topological polar surface area (TPSA) is 74.8 Å². The van der Waals surface area contributed by atoms with Crippen LogP contribution in [0.1, 0.15) is 6.92 Å². The second kappa shape index (κ2) is 3.71. The summed E-state index contributed by atoms with van der Waals surface area (Å²) in [5, 5.41) is 5.98. The summed E-state index contributed by atoms with van der Waals surface area (Å²) >= 11 is 0. The van der Waals surface area contributed by atoms with E-state index in [0.717, 1.165) is 0 Å². The van der Waals surface area contributed by atoms with Gasteiger partial charge in [0.2, 0.25) is 10.0 Å². The first-order valence-corrected chi connectivity index (χ1v) is 5.18. The quantitative estimate of drug-likeness (QED) is 0.686. The van der Waals surface area contributed by atoms with Crippen molar-refractivity contribution >= 4 is 10.0 Å². The molecule has 0 bridgehead atoms. The van der Waals surface area contributed by atoms with Crippen molar-refractivity contribution < 1.29 is 8.42 Å². The summed E-state index contributed by atoms with van der Waals surface area (Å²) in [7, 11) is -3.44. The van der Waals surface area contributed by atoms with Crippen molar-refractivity contribution in [2.24, 2.45) is 0 Å². The van der Waals surface area contributed by atoms with Gasteiger partial charge in [-0.05, 0) is 6.92 Å². The molecule has 72 valence electrons. The SMILES string of the molecule is C=CC(C)NS(=O)(=O)c1cn[nH]c1. The van der Waals surface area contributed by atoms with Crippen LogP contribution in [0.15, 0.2) is 29.9 Å². The normalized spacial score (nSPS) is 13.9. The van der Waals surface area contributed by atoms with Crippen molar-refractivity contribution in [3.8, 4) is 0 Å². The molecule has 0 amide bonds. The molecule has 0 saturated carbocycles. The zero-order valence-electron chi connectivity index (χ0n) is 7.19. The zero-order valence-corrected chi connectivity index (χ0v) is 8.00. The van der Waals surface area contributed by atoms with Crippen molar-refractivity contribution in [3.05, 3.63) is 25.0 Å². The molecule has 0 aromatic carbocycles. The van der Waals surface area contributed by atoms with E-state index in [1.165, 1.54) is 18.5 Å². The molecule has 2 N–H and O–H groups in total. The molecule has 1 rings (SSSR count). The molecule has 5 nitrogen and oxygen atoms in total. The minimum absolute atomic E-state index is 0.126. The fourth-order valence-corrected chi connectivity index (χ4v) is 1.87. The summed E-state index contributed by atoms with van der Waals surface area (Å²) in [4.78, 5) is 0.126. The van der Waals surface area contributed by atoms with E-state index in [0.29, 0.717) is 0 Å². The Balaban J connectivity index is 2.85. The first-order chi connectivity index (χ1) is 6.06. The van der Waals surface area contributed by atoms with Crippen LogP contribution in [0.2, 0.25) is 0 Å². The molecule has 1 atom stereocenters. The van der Waals surface area contributed by atoms with Crippen LogP contribution in [-0.2, 0) is 10.0 Å². The Bertz CT molecular complexity index is 368. The van der Waals surface area contributed by atoms with Gasteiger partial charge in [0.25, 0.3) is 0 Å². The Labute approximate surface area is 76.9 Å². The molecule has 1 aromatic heterocycles. The van der Waals surface area contributed by atoms with Gasteiger partial charge in [0.15, 0.2) is 0 Å². The molecule has 1 unspecified atom stereocenters. The Morgan fingerprint density at radius 1 is 1.77 bits per heavy atom. The second-order valence-corrected chi connectivity index (χ2v) is 4.29. The lowest BCUT2D eigenvalue weighted by Crippen LogP contribution is -2.30. The number of H-pyrrole nitrogens is 1. The summed E-state index contributed by atoms with van der Waals surface area (Å²) in [6.45, 7) is 5.17. The van der Waals surface area contributed by atoms with Gasteiger partial charge < -0.3 is 0 Å². The number of sulfonamides is 1. The van der Waals surface area contributed by atoms with E-state index in [2.05, 4.69) is 21.5 Å². The van der Waals surface area contributed by atoms with Crippen molar-refractivity contribution in [2.45, 2.75) is 17.9 Å². The number of rotatable bonds is 4. The Morgan fingerprint density at radius 2 is 2.46 bits per heavy atom. The van der Waals surface area contributed by atoms with Gasteiger partial charge in [-0.15, -0.1) is 6.58 Å². The molecule has 0 aliphatic carbocycles. The number of aromatic nitrogens is 2. The van der Waals surface area contributed by atoms with Crippen LogP contribution in [0.4, 0.5) is 0 Å². The maximum atomic E-state index is 11.4. The molecule has 0 aliphatic heterocycles. The Morgan fingerprint density at radius 3 is 2.92 bits per heavy atom. The zero-order chi connectivity index (χ0) is 9.90. The average Bonchev–Trinajstić information content (AvgIpc) is 2.55. The number of aromatic amines is 1. The first kappa shape index (κ1) is 9.94. The van der Waals surface area contributed by atoms with Gasteiger partial charge in [-0.3, -0.25) is 5.10 Å². The number of nitrogens with one attached hydrogen (secondary N) is 2. The summed E-state index contributed by atoms with van der Waals surface area (Å²) in [6.07, 6.45) is 4.08. The number of nitrogens with zero attached hydrogens (tertiary/aromatic N) is 1. The molecule has 13 heavy (non-hydrogen) atoms. The van der Waals surface area contributed by atoms with E-state index in [4.69, 9.17) is 0 Å². The van der Waals surface area contributed by atoms with Gasteiger partial charge in [-0.2, -0.15) is 5.10 Å². The first-order valence-electron chi connectivity index (χ1n) is 3.70. The van der Waals surface area contributed by atoms with E-state index in [-0.39, 0.29) is 10.9 Å². The number of hydrogen-bond donors (Lipinski definition) is 2. The molecule has 1 aromatic rings. The van der Waals surface area contributed by atoms with Crippen LogP contribution in [0.3, 0.4) is 0 Å². The maximum Gasteiger partial charge on any atom is 0.244 e. The highest BCUT2D eigenvalue weighted by Gasteiger charge is 2.16. The smallest absolute Gasteiger partial charge is 0.244 e. The summed E-state index contributed by atoms with van der Waals surface area (Å²) in [6, 6.07) is -0.292. The molecule has 0 saturated heterocycles. The van der Waals surface area contributed by atoms with E-state index >= 15 is 0 Å². The predicted molar refractivity (Wildman–Crippen MR) is 48.6 cm³/mol. The van der Waals surface area contributed by atoms with Crippen LogP contribution in [0.5, 0.6) is 0 Å². The molecule has 0 fully saturated rings. The average molecular weight is 201 g/mol. The summed E-state index contributed by atoms with van der Waals surface area (Å²) in [5.74, 6) is 0. The van der Waals surface area contributed by atoms with E-state index < -0.39 is 10.0 Å². The highest BCUT2D eigenvalue weighted by molar-refractivity contribution is 7.89. The second-order valence-electron chi connectivity index (χ2n) is 2.58. The van der Waals surface area contributed by atoms with Gasteiger partial charge in [0, 0.05) is 12.2 Å². The van der Waals surface area contributed by atoms with Gasteiger partial charge in [-0.25, -0.2) is 13.1 Å². The van der Waals surface area contributed by atoms with Gasteiger partial charge in [0.1, 0.15) is 4.90 Å². The number of hydrogen-bond acceptors (Lipinski definition) is 3. The van der Waals surface area contributed by atoms with E-state index in [1.54, 1.807) is 6.92 Å². The third-order valence-corrected chi connectivity index (χ3v) is 3.00. The van der Waals surface area contributed by atoms with Crippen molar-refractivity contribution in [3.63, 3.8) is 0 Å². The fraction of sp³-hybridized carbons (Fsp3) is 0.286. The molecule has 0 spiro atoms.